The molecule has 0 bridgehead atoms. The Kier molecular flexibility index (Phi) is 13.2. The number of aryl methyl sites for hydroxylation is 1. The first-order chi connectivity index (χ1) is 10.9. The van der Waals surface area contributed by atoms with Crippen molar-refractivity contribution in [2.24, 2.45) is 5.73 Å². The molecule has 0 radical (unpaired) electrons. The first kappa shape index (κ1) is 19.2. The highest BCUT2D eigenvalue weighted by molar-refractivity contribution is 5.14. The van der Waals surface area contributed by atoms with E-state index in [9.17, 15) is 0 Å². The number of unbranched alkanes of at least 4 members (excludes halogenated alkanes) is 12. The van der Waals surface area contributed by atoms with Crippen LogP contribution >= 0.6 is 0 Å². The van der Waals surface area contributed by atoms with Crippen LogP contribution in [0, 0.1) is 0 Å². The minimum atomic E-state index is 0.866. The van der Waals surface area contributed by atoms with Crippen LogP contribution in [0.1, 0.15) is 89.0 Å². The standard InChI is InChI=1S/C21H37N/c22-20-16-11-9-7-5-3-1-2-4-6-8-10-13-17-21-18-14-12-15-19-21/h12,14-15,18-19H,1-11,13,16-17,20,22H2. The van der Waals surface area contributed by atoms with E-state index in [0.29, 0.717) is 0 Å². The average molecular weight is 304 g/mol. The van der Waals surface area contributed by atoms with Gasteiger partial charge in [-0.05, 0) is 31.4 Å². The zero-order valence-corrected chi connectivity index (χ0v) is 14.6. The van der Waals surface area contributed by atoms with Gasteiger partial charge in [0.15, 0.2) is 0 Å². The molecular weight excluding hydrogens is 266 g/mol. The molecular formula is C21H37N. The molecule has 22 heavy (non-hydrogen) atoms. The lowest BCUT2D eigenvalue weighted by Crippen LogP contribution is -1.97. The highest BCUT2D eigenvalue weighted by atomic mass is 14.5. The highest BCUT2D eigenvalue weighted by Gasteiger charge is 1.95. The maximum atomic E-state index is 5.50. The van der Waals surface area contributed by atoms with E-state index in [4.69, 9.17) is 5.73 Å². The Labute approximate surface area is 138 Å². The van der Waals surface area contributed by atoms with Gasteiger partial charge in [-0.15, -0.1) is 0 Å². The van der Waals surface area contributed by atoms with E-state index in [1.165, 1.54) is 95.5 Å². The molecule has 1 heteroatoms. The lowest BCUT2D eigenvalue weighted by atomic mass is 10.0. The summed E-state index contributed by atoms with van der Waals surface area (Å²) >= 11 is 0. The van der Waals surface area contributed by atoms with Gasteiger partial charge in [0, 0.05) is 0 Å². The molecule has 1 aromatic carbocycles. The van der Waals surface area contributed by atoms with E-state index in [1.54, 1.807) is 0 Å². The SMILES string of the molecule is NCCCCCCCCCCCCCCCc1ccccc1. The van der Waals surface area contributed by atoms with Crippen LogP contribution < -0.4 is 5.73 Å². The molecule has 0 aromatic heterocycles. The van der Waals surface area contributed by atoms with Crippen LogP contribution in [-0.2, 0) is 6.42 Å². The van der Waals surface area contributed by atoms with Crippen LogP contribution in [0.3, 0.4) is 0 Å². The molecule has 0 atom stereocenters. The molecule has 0 unspecified atom stereocenters. The second-order valence-electron chi connectivity index (χ2n) is 6.62. The summed E-state index contributed by atoms with van der Waals surface area (Å²) in [5.74, 6) is 0. The van der Waals surface area contributed by atoms with Gasteiger partial charge in [-0.3, -0.25) is 0 Å². The normalized spacial score (nSPS) is 11.0. The number of benzene rings is 1. The fraction of sp³-hybridized carbons (Fsp3) is 0.714. The number of nitrogens with two attached hydrogens (primary N) is 1. The fourth-order valence-electron chi connectivity index (χ4n) is 3.06. The lowest BCUT2D eigenvalue weighted by Gasteiger charge is -2.03. The summed E-state index contributed by atoms with van der Waals surface area (Å²) in [6, 6.07) is 10.9. The Morgan fingerprint density at radius 1 is 0.500 bits per heavy atom. The van der Waals surface area contributed by atoms with Crippen molar-refractivity contribution in [3.8, 4) is 0 Å². The molecule has 0 aliphatic heterocycles. The largest absolute Gasteiger partial charge is 0.330 e. The quantitative estimate of drug-likeness (QED) is 0.380. The van der Waals surface area contributed by atoms with E-state index >= 15 is 0 Å². The first-order valence-corrected chi connectivity index (χ1v) is 9.67. The van der Waals surface area contributed by atoms with Crippen molar-refractivity contribution in [2.45, 2.75) is 89.9 Å². The van der Waals surface area contributed by atoms with Crippen LogP contribution in [0.2, 0.25) is 0 Å². The van der Waals surface area contributed by atoms with Gasteiger partial charge < -0.3 is 5.73 Å². The van der Waals surface area contributed by atoms with E-state index < -0.39 is 0 Å². The first-order valence-electron chi connectivity index (χ1n) is 9.67. The number of hydrogen-bond donors (Lipinski definition) is 1. The molecule has 126 valence electrons. The number of hydrogen-bond acceptors (Lipinski definition) is 1. The van der Waals surface area contributed by atoms with Crippen molar-refractivity contribution in [2.75, 3.05) is 6.54 Å². The van der Waals surface area contributed by atoms with Crippen molar-refractivity contribution in [3.63, 3.8) is 0 Å². The molecule has 0 spiro atoms. The van der Waals surface area contributed by atoms with Crippen molar-refractivity contribution in [3.05, 3.63) is 35.9 Å². The summed E-state index contributed by atoms with van der Waals surface area (Å²) < 4.78 is 0. The molecule has 0 fully saturated rings. The van der Waals surface area contributed by atoms with Gasteiger partial charge in [-0.2, -0.15) is 0 Å². The zero-order valence-electron chi connectivity index (χ0n) is 14.6. The van der Waals surface area contributed by atoms with Crippen molar-refractivity contribution >= 4 is 0 Å². The smallest absolute Gasteiger partial charge is 0.00773 e. The zero-order chi connectivity index (χ0) is 15.7. The van der Waals surface area contributed by atoms with Gasteiger partial charge in [-0.25, -0.2) is 0 Å². The van der Waals surface area contributed by atoms with Crippen molar-refractivity contribution < 1.29 is 0 Å². The van der Waals surface area contributed by atoms with E-state index in [0.717, 1.165) is 6.54 Å². The second-order valence-corrected chi connectivity index (χ2v) is 6.62. The third-order valence-corrected chi connectivity index (χ3v) is 4.51. The number of rotatable bonds is 15. The van der Waals surface area contributed by atoms with Crippen LogP contribution in [0.5, 0.6) is 0 Å². The minimum absolute atomic E-state index is 0.866. The summed E-state index contributed by atoms with van der Waals surface area (Å²) in [6.07, 6.45) is 19.4. The van der Waals surface area contributed by atoms with Crippen LogP contribution in [0.4, 0.5) is 0 Å². The molecule has 2 N–H and O–H groups in total. The van der Waals surface area contributed by atoms with Gasteiger partial charge in [-0.1, -0.05) is 101 Å². The monoisotopic (exact) mass is 303 g/mol. The van der Waals surface area contributed by atoms with Gasteiger partial charge in [0.2, 0.25) is 0 Å². The molecule has 0 aliphatic carbocycles. The Morgan fingerprint density at radius 3 is 1.36 bits per heavy atom. The highest BCUT2D eigenvalue weighted by Crippen LogP contribution is 2.13. The summed E-state index contributed by atoms with van der Waals surface area (Å²) in [4.78, 5) is 0. The maximum absolute atomic E-state index is 5.50. The Morgan fingerprint density at radius 2 is 0.909 bits per heavy atom. The summed E-state index contributed by atoms with van der Waals surface area (Å²) in [5.41, 5.74) is 6.99. The third-order valence-electron chi connectivity index (χ3n) is 4.51. The van der Waals surface area contributed by atoms with Crippen LogP contribution in [0.25, 0.3) is 0 Å². The Bertz CT molecular complexity index is 320. The molecule has 1 aromatic rings. The average Bonchev–Trinajstić information content (AvgIpc) is 2.56. The van der Waals surface area contributed by atoms with Gasteiger partial charge in [0.05, 0.1) is 0 Å². The van der Waals surface area contributed by atoms with Gasteiger partial charge >= 0.3 is 0 Å². The molecule has 0 amide bonds. The van der Waals surface area contributed by atoms with Crippen LogP contribution in [0.15, 0.2) is 30.3 Å². The Hall–Kier alpha value is -0.820. The summed E-state index contributed by atoms with van der Waals surface area (Å²) in [5, 5.41) is 0. The maximum Gasteiger partial charge on any atom is -0.00773 e. The molecule has 0 heterocycles. The predicted octanol–water partition coefficient (Wildman–Crippen LogP) is 6.26. The van der Waals surface area contributed by atoms with E-state index in [-0.39, 0.29) is 0 Å². The molecule has 1 nitrogen and oxygen atoms in total. The Balaban J connectivity index is 1.73. The molecule has 0 aliphatic rings. The third kappa shape index (κ3) is 11.8. The van der Waals surface area contributed by atoms with Crippen LogP contribution in [-0.4, -0.2) is 6.54 Å². The lowest BCUT2D eigenvalue weighted by molar-refractivity contribution is 0.537. The topological polar surface area (TPSA) is 26.0 Å². The fourth-order valence-corrected chi connectivity index (χ4v) is 3.06. The van der Waals surface area contributed by atoms with E-state index in [2.05, 4.69) is 30.3 Å². The summed E-state index contributed by atoms with van der Waals surface area (Å²) in [6.45, 7) is 0.866. The van der Waals surface area contributed by atoms with Crippen molar-refractivity contribution in [1.29, 1.82) is 0 Å². The molecule has 1 rings (SSSR count). The predicted molar refractivity (Wildman–Crippen MR) is 99.2 cm³/mol. The minimum Gasteiger partial charge on any atom is -0.330 e. The van der Waals surface area contributed by atoms with E-state index in [1.807, 2.05) is 0 Å². The molecule has 0 saturated heterocycles. The van der Waals surface area contributed by atoms with Crippen molar-refractivity contribution in [1.82, 2.24) is 0 Å². The van der Waals surface area contributed by atoms with Gasteiger partial charge in [0.1, 0.15) is 0 Å². The van der Waals surface area contributed by atoms with Gasteiger partial charge in [0.25, 0.3) is 0 Å². The second kappa shape index (κ2) is 15.1. The summed E-state index contributed by atoms with van der Waals surface area (Å²) in [7, 11) is 0. The molecule has 0 saturated carbocycles.